The first-order chi connectivity index (χ1) is 5.99. The van der Waals surface area contributed by atoms with Crippen LogP contribution in [0.3, 0.4) is 0 Å². The molecule has 0 bridgehead atoms. The van der Waals surface area contributed by atoms with E-state index in [1.165, 1.54) is 17.1 Å². The molecule has 0 atom stereocenters. The number of hydrazine groups is 1. The molecule has 0 fully saturated rings. The number of ether oxygens (including phenoxy) is 1. The van der Waals surface area contributed by atoms with Gasteiger partial charge in [-0.2, -0.15) is 0 Å². The Morgan fingerprint density at radius 3 is 2.23 bits per heavy atom. The maximum atomic E-state index is 11.1. The lowest BCUT2D eigenvalue weighted by molar-refractivity contribution is -0.118. The quantitative estimate of drug-likeness (QED) is 0.599. The van der Waals surface area contributed by atoms with E-state index in [1.54, 1.807) is 14.1 Å². The first-order valence-corrected chi connectivity index (χ1v) is 3.80. The molecular formula is C7H15N3O3. The van der Waals surface area contributed by atoms with E-state index < -0.39 is 12.0 Å². The molecule has 0 rings (SSSR count). The average Bonchev–Trinajstić information content (AvgIpc) is 2.03. The van der Waals surface area contributed by atoms with E-state index in [4.69, 9.17) is 5.73 Å². The van der Waals surface area contributed by atoms with Crippen LogP contribution < -0.4 is 5.73 Å². The van der Waals surface area contributed by atoms with Gasteiger partial charge in [-0.25, -0.2) is 14.8 Å². The Morgan fingerprint density at radius 2 is 1.92 bits per heavy atom. The number of amides is 2. The summed E-state index contributed by atoms with van der Waals surface area (Å²) in [5.74, 6) is -0.448. The molecule has 2 N–H and O–H groups in total. The van der Waals surface area contributed by atoms with Crippen LogP contribution >= 0.6 is 0 Å². The van der Waals surface area contributed by atoms with Gasteiger partial charge in [0, 0.05) is 27.1 Å². The molecule has 0 aliphatic heterocycles. The van der Waals surface area contributed by atoms with Gasteiger partial charge in [0.1, 0.15) is 0 Å². The van der Waals surface area contributed by atoms with Gasteiger partial charge in [0.05, 0.1) is 7.11 Å². The lowest BCUT2D eigenvalue weighted by Gasteiger charge is -2.26. The van der Waals surface area contributed by atoms with E-state index >= 15 is 0 Å². The molecule has 0 aliphatic carbocycles. The summed E-state index contributed by atoms with van der Waals surface area (Å²) in [6.45, 7) is 0.231. The molecule has 0 saturated carbocycles. The second-order valence-electron chi connectivity index (χ2n) is 2.66. The zero-order valence-electron chi connectivity index (χ0n) is 8.11. The van der Waals surface area contributed by atoms with E-state index in [0.29, 0.717) is 0 Å². The fourth-order valence-electron chi connectivity index (χ4n) is 0.776. The average molecular weight is 189 g/mol. The molecule has 6 heteroatoms. The molecule has 0 unspecified atom stereocenters. The number of carbonyl (C=O) groups is 2. The summed E-state index contributed by atoms with van der Waals surface area (Å²) in [6.07, 6.45) is -0.390. The number of hydrogen-bond donors (Lipinski definition) is 1. The van der Waals surface area contributed by atoms with E-state index in [2.05, 4.69) is 4.74 Å². The summed E-state index contributed by atoms with van der Waals surface area (Å²) in [6, 6.07) is 0. The Kier molecular flexibility index (Phi) is 4.83. The lowest BCUT2D eigenvalue weighted by Crippen LogP contribution is -2.43. The Labute approximate surface area is 77.2 Å². The number of carbonyl (C=O) groups excluding carboxylic acids is 2. The Hall–Kier alpha value is -1.30. The molecule has 0 radical (unpaired) electrons. The van der Waals surface area contributed by atoms with E-state index in [-0.39, 0.29) is 13.0 Å². The topological polar surface area (TPSA) is 75.9 Å². The van der Waals surface area contributed by atoms with Crippen molar-refractivity contribution in [3.05, 3.63) is 0 Å². The molecule has 0 aromatic rings. The van der Waals surface area contributed by atoms with Crippen LogP contribution in [-0.4, -0.2) is 49.8 Å². The van der Waals surface area contributed by atoms with Gasteiger partial charge in [-0.15, -0.1) is 0 Å². The van der Waals surface area contributed by atoms with Crippen molar-refractivity contribution in [3.63, 3.8) is 0 Å². The van der Waals surface area contributed by atoms with E-state index in [1.807, 2.05) is 0 Å². The first-order valence-electron chi connectivity index (χ1n) is 3.80. The molecule has 0 heterocycles. The Bertz CT molecular complexity index is 193. The predicted molar refractivity (Wildman–Crippen MR) is 46.6 cm³/mol. The highest BCUT2D eigenvalue weighted by Gasteiger charge is 2.16. The van der Waals surface area contributed by atoms with Crippen LogP contribution in [0.25, 0.3) is 0 Å². The van der Waals surface area contributed by atoms with Crippen molar-refractivity contribution in [1.29, 1.82) is 0 Å². The fraction of sp³-hybridized carbons (Fsp3) is 0.714. The zero-order chi connectivity index (χ0) is 10.4. The van der Waals surface area contributed by atoms with E-state index in [0.717, 1.165) is 0 Å². The smallest absolute Gasteiger partial charge is 0.424 e. The van der Waals surface area contributed by atoms with Crippen molar-refractivity contribution in [1.82, 2.24) is 10.0 Å². The lowest BCUT2D eigenvalue weighted by atomic mass is 10.4. The zero-order valence-corrected chi connectivity index (χ0v) is 8.11. The first kappa shape index (κ1) is 11.7. The van der Waals surface area contributed by atoms with Gasteiger partial charge in [0.25, 0.3) is 0 Å². The largest absolute Gasteiger partial charge is 0.452 e. The summed E-state index contributed by atoms with van der Waals surface area (Å²) >= 11 is 0. The molecular weight excluding hydrogens is 174 g/mol. The minimum atomic E-state index is -0.508. The van der Waals surface area contributed by atoms with Crippen LogP contribution in [-0.2, 0) is 9.53 Å². The predicted octanol–water partition coefficient (Wildman–Crippen LogP) is -0.593. The normalized spacial score (nSPS) is 9.85. The second-order valence-corrected chi connectivity index (χ2v) is 2.66. The van der Waals surface area contributed by atoms with Gasteiger partial charge in [0.2, 0.25) is 5.91 Å². The molecule has 0 aromatic heterocycles. The summed E-state index contributed by atoms with van der Waals surface area (Å²) < 4.78 is 4.50. The third-order valence-corrected chi connectivity index (χ3v) is 1.44. The minimum Gasteiger partial charge on any atom is -0.452 e. The molecule has 0 spiro atoms. The third kappa shape index (κ3) is 4.32. The van der Waals surface area contributed by atoms with Crippen LogP contribution in [0, 0.1) is 0 Å². The number of methoxy groups -OCH3 is 1. The van der Waals surface area contributed by atoms with Gasteiger partial charge in [-0.05, 0) is 0 Å². The van der Waals surface area contributed by atoms with Crippen molar-refractivity contribution in [2.75, 3.05) is 27.7 Å². The molecule has 2 amide bonds. The van der Waals surface area contributed by atoms with Crippen molar-refractivity contribution in [3.8, 4) is 0 Å². The second kappa shape index (κ2) is 5.36. The Morgan fingerprint density at radius 1 is 1.38 bits per heavy atom. The van der Waals surface area contributed by atoms with Crippen LogP contribution in [0.2, 0.25) is 0 Å². The third-order valence-electron chi connectivity index (χ3n) is 1.44. The molecule has 0 saturated heterocycles. The minimum absolute atomic E-state index is 0.118. The van der Waals surface area contributed by atoms with Crippen LogP contribution in [0.5, 0.6) is 0 Å². The van der Waals surface area contributed by atoms with Crippen molar-refractivity contribution < 1.29 is 14.3 Å². The van der Waals surface area contributed by atoms with Crippen molar-refractivity contribution in [2.24, 2.45) is 5.73 Å². The summed E-state index contributed by atoms with van der Waals surface area (Å²) in [4.78, 5) is 21.5. The fourth-order valence-corrected chi connectivity index (χ4v) is 0.776. The van der Waals surface area contributed by atoms with Crippen LogP contribution in [0.15, 0.2) is 0 Å². The summed E-state index contributed by atoms with van der Waals surface area (Å²) in [5, 5.41) is 2.82. The standard InChI is InChI=1S/C7H15N3O3/c1-9(2)10(7(12)13-3)5-4-6(8)11/h4-5H2,1-3H3,(H2,8,11). The molecule has 76 valence electrons. The van der Waals surface area contributed by atoms with Gasteiger partial charge in [-0.1, -0.05) is 0 Å². The monoisotopic (exact) mass is 189 g/mol. The SMILES string of the molecule is COC(=O)N(CCC(N)=O)N(C)C. The number of primary amides is 1. The molecule has 13 heavy (non-hydrogen) atoms. The highest BCUT2D eigenvalue weighted by molar-refractivity contribution is 5.75. The molecule has 0 aromatic carbocycles. The maximum absolute atomic E-state index is 11.1. The number of hydrogen-bond acceptors (Lipinski definition) is 4. The Balaban J connectivity index is 4.10. The van der Waals surface area contributed by atoms with Gasteiger partial charge in [0.15, 0.2) is 0 Å². The summed E-state index contributed by atoms with van der Waals surface area (Å²) in [7, 11) is 4.64. The van der Waals surface area contributed by atoms with Gasteiger partial charge >= 0.3 is 6.09 Å². The van der Waals surface area contributed by atoms with Crippen molar-refractivity contribution in [2.45, 2.75) is 6.42 Å². The number of nitrogens with two attached hydrogens (primary N) is 1. The van der Waals surface area contributed by atoms with Gasteiger partial charge < -0.3 is 10.5 Å². The van der Waals surface area contributed by atoms with Gasteiger partial charge in [-0.3, -0.25) is 4.79 Å². The highest BCUT2D eigenvalue weighted by atomic mass is 16.5. The molecule has 6 nitrogen and oxygen atoms in total. The highest BCUT2D eigenvalue weighted by Crippen LogP contribution is 1.97. The van der Waals surface area contributed by atoms with Crippen LogP contribution in [0.4, 0.5) is 4.79 Å². The number of nitrogens with zero attached hydrogens (tertiary/aromatic N) is 2. The number of rotatable bonds is 4. The molecule has 0 aliphatic rings. The van der Waals surface area contributed by atoms with Crippen molar-refractivity contribution >= 4 is 12.0 Å². The van der Waals surface area contributed by atoms with E-state index in [9.17, 15) is 9.59 Å². The van der Waals surface area contributed by atoms with Crippen LogP contribution in [0.1, 0.15) is 6.42 Å². The maximum Gasteiger partial charge on any atom is 0.424 e. The summed E-state index contributed by atoms with van der Waals surface area (Å²) in [5.41, 5.74) is 4.95.